The first-order chi connectivity index (χ1) is 11.5. The second kappa shape index (κ2) is 11.2. The summed E-state index contributed by atoms with van der Waals surface area (Å²) in [6, 6.07) is -4.62. The Hall–Kier alpha value is -1.50. The van der Waals surface area contributed by atoms with Crippen molar-refractivity contribution in [3.05, 3.63) is 0 Å². The summed E-state index contributed by atoms with van der Waals surface area (Å²) in [6.07, 6.45) is -1.30. The van der Waals surface area contributed by atoms with Gasteiger partial charge in [-0.3, -0.25) is 14.4 Å². The van der Waals surface area contributed by atoms with E-state index < -0.39 is 54.0 Å². The van der Waals surface area contributed by atoms with Gasteiger partial charge in [-0.05, 0) is 13.8 Å². The van der Waals surface area contributed by atoms with Gasteiger partial charge in [0.2, 0.25) is 17.7 Å². The largest absolute Gasteiger partial charge is 0.480 e. The van der Waals surface area contributed by atoms with Crippen molar-refractivity contribution in [2.24, 2.45) is 5.73 Å². The van der Waals surface area contributed by atoms with Gasteiger partial charge in [0.15, 0.2) is 0 Å². The van der Waals surface area contributed by atoms with Gasteiger partial charge in [0.25, 0.3) is 0 Å². The van der Waals surface area contributed by atoms with Crippen LogP contribution in [0.2, 0.25) is 0 Å². The molecule has 7 N–H and O–H groups in total. The lowest BCUT2D eigenvalue weighted by Gasteiger charge is -2.24. The van der Waals surface area contributed by atoms with E-state index in [2.05, 4.69) is 41.2 Å². The number of carbonyl (C=O) groups excluding carboxylic acids is 3. The number of thiol groups is 2. The number of rotatable bonds is 10. The molecule has 0 bridgehead atoms. The minimum absolute atomic E-state index is 0.0825. The Bertz CT molecular complexity index is 505. The molecule has 0 aliphatic rings. The number of aliphatic hydroxyl groups is 1. The molecule has 5 atom stereocenters. The maximum absolute atomic E-state index is 12.1. The van der Waals surface area contributed by atoms with Gasteiger partial charge in [0, 0.05) is 11.5 Å². The molecule has 144 valence electrons. The first-order valence-electron chi connectivity index (χ1n) is 7.34. The minimum Gasteiger partial charge on any atom is -0.480 e. The summed E-state index contributed by atoms with van der Waals surface area (Å²) >= 11 is 7.68. The van der Waals surface area contributed by atoms with E-state index in [1.54, 1.807) is 0 Å². The molecule has 0 fully saturated rings. The topological polar surface area (TPSA) is 171 Å². The molecule has 0 saturated carbocycles. The van der Waals surface area contributed by atoms with E-state index in [0.29, 0.717) is 0 Å². The van der Waals surface area contributed by atoms with Crippen molar-refractivity contribution in [2.75, 3.05) is 11.5 Å². The predicted molar refractivity (Wildman–Crippen MR) is 96.5 cm³/mol. The normalized spacial score (nSPS) is 16.7. The minimum atomic E-state index is -1.41. The van der Waals surface area contributed by atoms with Crippen LogP contribution in [-0.2, 0) is 19.2 Å². The number of aliphatic hydroxyl groups excluding tert-OH is 1. The molecule has 0 spiro atoms. The molecule has 0 aromatic heterocycles. The first-order valence-corrected chi connectivity index (χ1v) is 8.60. The predicted octanol–water partition coefficient (Wildman–Crippen LogP) is -2.89. The summed E-state index contributed by atoms with van der Waals surface area (Å²) in [6.45, 7) is 2.62. The van der Waals surface area contributed by atoms with Crippen LogP contribution in [0.25, 0.3) is 0 Å². The third-order valence-electron chi connectivity index (χ3n) is 3.15. The highest BCUT2D eigenvalue weighted by Crippen LogP contribution is 1.98. The highest BCUT2D eigenvalue weighted by molar-refractivity contribution is 7.80. The van der Waals surface area contributed by atoms with Gasteiger partial charge in [0.05, 0.1) is 12.1 Å². The molecule has 3 amide bonds. The van der Waals surface area contributed by atoms with Crippen molar-refractivity contribution >= 4 is 48.9 Å². The summed E-state index contributed by atoms with van der Waals surface area (Å²) < 4.78 is 0. The van der Waals surface area contributed by atoms with Crippen LogP contribution in [0.5, 0.6) is 0 Å². The fourth-order valence-electron chi connectivity index (χ4n) is 1.60. The average Bonchev–Trinajstić information content (AvgIpc) is 2.55. The number of hydrogen-bond acceptors (Lipinski definition) is 8. The molecule has 5 unspecified atom stereocenters. The molecule has 0 aromatic rings. The van der Waals surface area contributed by atoms with Crippen LogP contribution in [-0.4, -0.2) is 75.7 Å². The first kappa shape index (κ1) is 23.5. The molecule has 0 saturated heterocycles. The van der Waals surface area contributed by atoms with Crippen LogP contribution in [0, 0.1) is 0 Å². The summed E-state index contributed by atoms with van der Waals surface area (Å²) in [4.78, 5) is 46.7. The van der Waals surface area contributed by atoms with Crippen molar-refractivity contribution in [1.82, 2.24) is 16.0 Å². The lowest BCUT2D eigenvalue weighted by molar-refractivity contribution is -0.142. The van der Waals surface area contributed by atoms with Crippen molar-refractivity contribution in [1.29, 1.82) is 0 Å². The number of nitrogens with one attached hydrogen (secondary N) is 3. The van der Waals surface area contributed by atoms with Gasteiger partial charge in [-0.15, -0.1) is 0 Å². The number of carboxylic acids is 1. The molecule has 25 heavy (non-hydrogen) atoms. The van der Waals surface area contributed by atoms with E-state index >= 15 is 0 Å². The number of aliphatic carboxylic acids is 1. The van der Waals surface area contributed by atoms with E-state index in [1.807, 2.05) is 0 Å². The van der Waals surface area contributed by atoms with E-state index in [1.165, 1.54) is 13.8 Å². The molecular weight excluding hydrogens is 372 g/mol. The van der Waals surface area contributed by atoms with Gasteiger partial charge in [0.1, 0.15) is 18.1 Å². The summed E-state index contributed by atoms with van der Waals surface area (Å²) in [5, 5.41) is 25.3. The van der Waals surface area contributed by atoms with Crippen molar-refractivity contribution in [2.45, 2.75) is 44.1 Å². The SMILES string of the molecule is CC(NC(=O)C(N)CS)C(=O)NC(C(=O)NC(CS)C(=O)O)C(C)O. The van der Waals surface area contributed by atoms with Crippen LogP contribution in [0.15, 0.2) is 0 Å². The monoisotopic (exact) mass is 396 g/mol. The Morgan fingerprint density at radius 3 is 1.92 bits per heavy atom. The zero-order valence-corrected chi connectivity index (χ0v) is 15.6. The molecule has 10 nitrogen and oxygen atoms in total. The maximum atomic E-state index is 12.1. The molecule has 0 rings (SSSR count). The lowest BCUT2D eigenvalue weighted by Crippen LogP contribution is -2.59. The van der Waals surface area contributed by atoms with Crippen LogP contribution >= 0.6 is 25.3 Å². The number of carbonyl (C=O) groups is 4. The summed E-state index contributed by atoms with van der Waals surface area (Å²) in [5.74, 6) is -3.64. The van der Waals surface area contributed by atoms with E-state index in [4.69, 9.17) is 10.8 Å². The van der Waals surface area contributed by atoms with Crippen LogP contribution in [0.4, 0.5) is 0 Å². The second-order valence-corrected chi connectivity index (χ2v) is 6.06. The van der Waals surface area contributed by atoms with E-state index in [0.717, 1.165) is 0 Å². The standard InChI is InChI=1S/C13H24N4O6S2/c1-5(15-11(20)7(14)3-24)10(19)17-9(6(2)18)12(21)16-8(4-25)13(22)23/h5-9,18,24-25H,3-4,14H2,1-2H3,(H,15,20)(H,16,21)(H,17,19)(H,22,23). The highest BCUT2D eigenvalue weighted by Gasteiger charge is 2.31. The lowest BCUT2D eigenvalue weighted by atomic mass is 10.1. The Kier molecular flexibility index (Phi) is 10.5. The second-order valence-electron chi connectivity index (χ2n) is 5.33. The number of amides is 3. The Balaban J connectivity index is 4.90. The fraction of sp³-hybridized carbons (Fsp3) is 0.692. The van der Waals surface area contributed by atoms with Gasteiger partial charge in [-0.1, -0.05) is 0 Å². The van der Waals surface area contributed by atoms with Gasteiger partial charge in [-0.2, -0.15) is 25.3 Å². The quantitative estimate of drug-likeness (QED) is 0.183. The van der Waals surface area contributed by atoms with E-state index in [-0.39, 0.29) is 11.5 Å². The summed E-state index contributed by atoms with van der Waals surface area (Å²) in [5.41, 5.74) is 5.47. The molecule has 0 aliphatic carbocycles. The number of nitrogens with two attached hydrogens (primary N) is 1. The Morgan fingerprint density at radius 1 is 0.960 bits per heavy atom. The van der Waals surface area contributed by atoms with Crippen LogP contribution in [0.1, 0.15) is 13.8 Å². The van der Waals surface area contributed by atoms with Crippen LogP contribution < -0.4 is 21.7 Å². The van der Waals surface area contributed by atoms with Gasteiger partial charge in [-0.25, -0.2) is 4.79 Å². The number of carboxylic acid groups (broad SMARTS) is 1. The van der Waals surface area contributed by atoms with E-state index in [9.17, 15) is 24.3 Å². The average molecular weight is 396 g/mol. The Labute approximate surface area is 156 Å². The fourth-order valence-corrected chi connectivity index (χ4v) is 2.01. The summed E-state index contributed by atoms with van der Waals surface area (Å²) in [7, 11) is 0. The molecule has 12 heteroatoms. The van der Waals surface area contributed by atoms with Crippen molar-refractivity contribution in [3.8, 4) is 0 Å². The molecule has 0 aromatic carbocycles. The van der Waals surface area contributed by atoms with Gasteiger partial charge >= 0.3 is 5.97 Å². The third kappa shape index (κ3) is 7.94. The highest BCUT2D eigenvalue weighted by atomic mass is 32.1. The molecule has 0 radical (unpaired) electrons. The number of hydrogen-bond donors (Lipinski definition) is 8. The maximum Gasteiger partial charge on any atom is 0.327 e. The van der Waals surface area contributed by atoms with Gasteiger partial charge < -0.3 is 31.9 Å². The zero-order chi connectivity index (χ0) is 19.7. The van der Waals surface area contributed by atoms with Crippen LogP contribution in [0.3, 0.4) is 0 Å². The third-order valence-corrected chi connectivity index (χ3v) is 3.90. The smallest absolute Gasteiger partial charge is 0.327 e. The van der Waals surface area contributed by atoms with Crippen molar-refractivity contribution in [3.63, 3.8) is 0 Å². The molecule has 0 aliphatic heterocycles. The van der Waals surface area contributed by atoms with Crippen molar-refractivity contribution < 1.29 is 29.4 Å². The Morgan fingerprint density at radius 2 is 1.52 bits per heavy atom. The molecular formula is C13H24N4O6S2. The zero-order valence-electron chi connectivity index (χ0n) is 13.8. The molecule has 0 heterocycles.